The molecule has 1 atom stereocenters. The van der Waals surface area contributed by atoms with Crippen molar-refractivity contribution in [3.63, 3.8) is 0 Å². The van der Waals surface area contributed by atoms with Gasteiger partial charge >= 0.3 is 5.97 Å². The fourth-order valence-corrected chi connectivity index (χ4v) is 10.1. The van der Waals surface area contributed by atoms with E-state index in [1.165, 1.54) is 36.4 Å². The summed E-state index contributed by atoms with van der Waals surface area (Å²) >= 11 is 0. The van der Waals surface area contributed by atoms with Crippen molar-refractivity contribution in [1.82, 2.24) is 5.06 Å². The van der Waals surface area contributed by atoms with Gasteiger partial charge in [-0.1, -0.05) is 31.1 Å². The Morgan fingerprint density at radius 3 is 2.02 bits per heavy atom. The summed E-state index contributed by atoms with van der Waals surface area (Å²) in [6.07, 6.45) is 9.73. The number of anilines is 1. The summed E-state index contributed by atoms with van der Waals surface area (Å²) in [7, 11) is -18.1. The zero-order valence-corrected chi connectivity index (χ0v) is 37.9. The number of hydrogen-bond acceptors (Lipinski definition) is 14. The van der Waals surface area contributed by atoms with Crippen LogP contribution in [0.5, 0.6) is 0 Å². The third-order valence-electron chi connectivity index (χ3n) is 11.2. The third kappa shape index (κ3) is 11.9. The normalized spacial score (nSPS) is 19.9. The highest BCUT2D eigenvalue weighted by molar-refractivity contribution is 7.86. The van der Waals surface area contributed by atoms with Crippen molar-refractivity contribution in [3.8, 4) is 0 Å². The standard InChI is InChI=1S/C40H49N3O16S4/c1-39(2)30-26-28(62(53,54)55)15-17-32(30)41(22-10-24-60(47,48)49)34(39)12-6-4-7-13-35-40(3,21-9-5-8-14-38(46)59-43-36(44)19-20-37(43)45)31-27-29(63(56,57)58)16-18-33(31)42(35)23-11-25-61(50,51)52/h4,6-7,12-13,15-18,26-27H,5,8-11,14,19-25H2,1-3H3,(H3-,47,48,49,50,51,52,53,54,55,56,57,58). The van der Waals surface area contributed by atoms with Gasteiger partial charge in [-0.25, -0.2) is 13.2 Å². The molecule has 3 N–H and O–H groups in total. The van der Waals surface area contributed by atoms with Gasteiger partial charge in [-0.3, -0.25) is 23.2 Å². The minimum absolute atomic E-state index is 0.0142. The minimum Gasteiger partial charge on any atom is -0.748 e. The van der Waals surface area contributed by atoms with Crippen LogP contribution in [-0.2, 0) is 70.5 Å². The Kier molecular flexibility index (Phi) is 14.8. The van der Waals surface area contributed by atoms with E-state index < -0.39 is 80.6 Å². The number of imide groups is 1. The maximum absolute atomic E-state index is 12.4. The van der Waals surface area contributed by atoms with Crippen LogP contribution in [0.15, 0.2) is 82.3 Å². The number of benzene rings is 2. The van der Waals surface area contributed by atoms with Crippen LogP contribution in [0.4, 0.5) is 11.4 Å². The van der Waals surface area contributed by atoms with E-state index in [9.17, 15) is 66.3 Å². The zero-order valence-electron chi connectivity index (χ0n) is 34.7. The molecule has 2 aromatic carbocycles. The zero-order chi connectivity index (χ0) is 46.8. The van der Waals surface area contributed by atoms with Gasteiger partial charge in [-0.05, 0) is 82.0 Å². The molecule has 0 bridgehead atoms. The van der Waals surface area contributed by atoms with Crippen molar-refractivity contribution in [3.05, 3.63) is 83.6 Å². The Hall–Kier alpha value is -4.62. The van der Waals surface area contributed by atoms with Crippen molar-refractivity contribution in [1.29, 1.82) is 0 Å². The number of carbonyl (C=O) groups is 3. The number of hydrogen-bond donors (Lipinski definition) is 3. The highest BCUT2D eigenvalue weighted by atomic mass is 32.2. The number of rotatable bonds is 20. The summed E-state index contributed by atoms with van der Waals surface area (Å²) < 4.78 is 137. The van der Waals surface area contributed by atoms with E-state index in [1.54, 1.807) is 39.9 Å². The minimum atomic E-state index is -4.67. The second kappa shape index (κ2) is 18.8. The van der Waals surface area contributed by atoms with Gasteiger partial charge in [0, 0.05) is 72.5 Å². The molecule has 0 spiro atoms. The van der Waals surface area contributed by atoms with Gasteiger partial charge in [-0.15, -0.1) is 5.06 Å². The molecule has 3 aliphatic rings. The van der Waals surface area contributed by atoms with Gasteiger partial charge in [0.1, 0.15) is 6.54 Å². The number of nitrogens with zero attached hydrogens (tertiary/aromatic N) is 3. The third-order valence-corrected chi connectivity index (χ3v) is 14.5. The Morgan fingerprint density at radius 1 is 0.794 bits per heavy atom. The summed E-state index contributed by atoms with van der Waals surface area (Å²) in [6.45, 7) is 5.60. The molecule has 63 heavy (non-hydrogen) atoms. The topological polar surface area (TPSA) is 290 Å². The van der Waals surface area contributed by atoms with Crippen molar-refractivity contribution < 1.29 is 75.7 Å². The lowest BCUT2D eigenvalue weighted by molar-refractivity contribution is -0.437. The summed E-state index contributed by atoms with van der Waals surface area (Å²) in [5.74, 6) is -3.19. The van der Waals surface area contributed by atoms with Crippen molar-refractivity contribution in [2.24, 2.45) is 0 Å². The predicted molar refractivity (Wildman–Crippen MR) is 227 cm³/mol. The lowest BCUT2D eigenvalue weighted by Crippen LogP contribution is -2.32. The quantitative estimate of drug-likeness (QED) is 0.0553. The average molecular weight is 956 g/mol. The molecular weight excluding hydrogens is 907 g/mol. The highest BCUT2D eigenvalue weighted by Crippen LogP contribution is 2.51. The Morgan fingerprint density at radius 2 is 1.41 bits per heavy atom. The van der Waals surface area contributed by atoms with Gasteiger partial charge < -0.3 is 14.3 Å². The first-order valence-corrected chi connectivity index (χ1v) is 25.9. The molecule has 2 amide bonds. The largest absolute Gasteiger partial charge is 0.748 e. The van der Waals surface area contributed by atoms with Crippen LogP contribution in [0.25, 0.3) is 0 Å². The van der Waals surface area contributed by atoms with E-state index in [0.717, 1.165) is 0 Å². The van der Waals surface area contributed by atoms with Crippen LogP contribution in [0.1, 0.15) is 89.7 Å². The molecule has 0 radical (unpaired) electrons. The van der Waals surface area contributed by atoms with Crippen LogP contribution in [0, 0.1) is 0 Å². The molecule has 0 aromatic heterocycles. The lowest BCUT2D eigenvalue weighted by Gasteiger charge is -2.30. The molecule has 1 saturated heterocycles. The number of allylic oxidation sites excluding steroid dienone is 6. The van der Waals surface area contributed by atoms with Crippen LogP contribution in [0.2, 0.25) is 0 Å². The van der Waals surface area contributed by atoms with E-state index in [2.05, 4.69) is 0 Å². The summed E-state index contributed by atoms with van der Waals surface area (Å²) in [6, 6.07) is 8.07. The van der Waals surface area contributed by atoms with Crippen LogP contribution < -0.4 is 4.90 Å². The first kappa shape index (κ1) is 49.4. The Bertz CT molecular complexity index is 2740. The highest BCUT2D eigenvalue weighted by Gasteiger charge is 2.46. The fourth-order valence-electron chi connectivity index (χ4n) is 8.14. The predicted octanol–water partition coefficient (Wildman–Crippen LogP) is 4.10. The first-order chi connectivity index (χ1) is 29.1. The maximum Gasteiger partial charge on any atom is 0.333 e. The number of carbonyl (C=O) groups excluding carboxylic acids is 3. The smallest absolute Gasteiger partial charge is 0.333 e. The molecule has 23 heteroatoms. The monoisotopic (exact) mass is 955 g/mol. The van der Waals surface area contributed by atoms with Gasteiger partial charge in [0.25, 0.3) is 42.2 Å². The van der Waals surface area contributed by atoms with Gasteiger partial charge in [0.15, 0.2) is 5.71 Å². The number of hydroxylamine groups is 2. The van der Waals surface area contributed by atoms with Gasteiger partial charge in [0.05, 0.1) is 31.1 Å². The maximum atomic E-state index is 12.4. The van der Waals surface area contributed by atoms with E-state index in [4.69, 9.17) is 4.84 Å². The van der Waals surface area contributed by atoms with Gasteiger partial charge in [0.2, 0.25) is 5.69 Å². The SMILES string of the molecule is CC1(C)C(/C=C/C=C\C=C2\N(CCCS(=O)(=O)[O-])c3ccc(S(=O)(=O)O)cc3C2(C)CCCCCC(=O)ON2C(=O)CCC2=O)=[N+](CCCS(=O)(=O)O)c2ccc(S(=O)(=O)O)cc21. The summed E-state index contributed by atoms with van der Waals surface area (Å²) in [4.78, 5) is 42.1. The van der Waals surface area contributed by atoms with Crippen molar-refractivity contribution in [2.75, 3.05) is 29.5 Å². The Balaban J connectivity index is 1.47. The molecule has 0 aliphatic carbocycles. The van der Waals surface area contributed by atoms with Crippen LogP contribution in [-0.4, -0.2) is 110 Å². The lowest BCUT2D eigenvalue weighted by atomic mass is 9.77. The van der Waals surface area contributed by atoms with Crippen LogP contribution >= 0.6 is 0 Å². The van der Waals surface area contributed by atoms with E-state index in [0.29, 0.717) is 64.7 Å². The summed E-state index contributed by atoms with van der Waals surface area (Å²) in [5.41, 5.74) is 1.40. The number of amides is 2. The Labute approximate surface area is 366 Å². The molecule has 344 valence electrons. The molecule has 1 fully saturated rings. The second-order valence-corrected chi connectivity index (χ2v) is 22.0. The fraction of sp³-hybridized carbons (Fsp3) is 0.450. The molecule has 19 nitrogen and oxygen atoms in total. The van der Waals surface area contributed by atoms with Gasteiger partial charge in [-0.2, -0.15) is 29.8 Å². The summed E-state index contributed by atoms with van der Waals surface area (Å²) in [5, 5.41) is 0.469. The molecule has 3 aliphatic heterocycles. The average Bonchev–Trinajstić information content (AvgIpc) is 3.68. The van der Waals surface area contributed by atoms with E-state index >= 15 is 0 Å². The van der Waals surface area contributed by atoms with E-state index in [-0.39, 0.29) is 55.0 Å². The van der Waals surface area contributed by atoms with Crippen LogP contribution in [0.3, 0.4) is 0 Å². The second-order valence-electron chi connectivity index (χ2n) is 16.1. The van der Waals surface area contributed by atoms with Crippen molar-refractivity contribution in [2.45, 2.75) is 99.2 Å². The molecular formula is C40H49N3O16S4. The molecule has 0 saturated carbocycles. The molecule has 5 rings (SSSR count). The first-order valence-electron chi connectivity index (χ1n) is 19.8. The van der Waals surface area contributed by atoms with E-state index in [1.807, 2.05) is 20.8 Å². The number of fused-ring (bicyclic) bond motifs is 2. The molecule has 3 heterocycles. The molecule has 1 unspecified atom stereocenters. The number of unbranched alkanes of at least 4 members (excludes halogenated alkanes) is 2. The van der Waals surface area contributed by atoms with Crippen molar-refractivity contribution >= 4 is 75.3 Å². The molecule has 2 aromatic rings.